The number of esters is 1. The van der Waals surface area contributed by atoms with Crippen LogP contribution in [0.15, 0.2) is 84.9 Å². The molecule has 3 aliphatic rings. The third-order valence-corrected chi connectivity index (χ3v) is 16.6. The topological polar surface area (TPSA) is 143 Å². The molecule has 7 rings (SSSR count). The highest BCUT2D eigenvalue weighted by Gasteiger charge is 2.34. The van der Waals surface area contributed by atoms with E-state index in [4.69, 9.17) is 19.3 Å². The van der Waals surface area contributed by atoms with Crippen LogP contribution in [0.3, 0.4) is 0 Å². The van der Waals surface area contributed by atoms with Crippen LogP contribution in [0.2, 0.25) is 0 Å². The van der Waals surface area contributed by atoms with Crippen LogP contribution in [0.1, 0.15) is 199 Å². The Morgan fingerprint density at radius 1 is 0.644 bits per heavy atom. The second-order valence-corrected chi connectivity index (χ2v) is 21.5. The van der Waals surface area contributed by atoms with Crippen LogP contribution in [0, 0.1) is 27.7 Å². The van der Waals surface area contributed by atoms with Crippen molar-refractivity contribution in [2.75, 3.05) is 13.2 Å². The van der Waals surface area contributed by atoms with Crippen molar-refractivity contribution in [1.82, 2.24) is 0 Å². The number of carboxylic acid groups (broad SMARTS) is 1. The van der Waals surface area contributed by atoms with E-state index < -0.39 is 23.3 Å². The number of cyclic esters (lactones) is 1. The summed E-state index contributed by atoms with van der Waals surface area (Å²) in [6.45, 7) is 17.9. The summed E-state index contributed by atoms with van der Waals surface area (Å²) in [6, 6.07) is 26.2. The van der Waals surface area contributed by atoms with E-state index in [1.165, 1.54) is 51.8 Å². The van der Waals surface area contributed by atoms with Crippen LogP contribution in [-0.4, -0.2) is 69.0 Å². The molecule has 4 aromatic carbocycles. The molecule has 0 radical (unpaired) electrons. The Morgan fingerprint density at radius 2 is 1.05 bits per heavy atom. The molecule has 4 N–H and O–H groups in total. The van der Waals surface area contributed by atoms with Gasteiger partial charge in [0.1, 0.15) is 30.8 Å². The lowest BCUT2D eigenvalue weighted by Crippen LogP contribution is -2.28. The van der Waals surface area contributed by atoms with Gasteiger partial charge in [0.05, 0.1) is 17.3 Å². The summed E-state index contributed by atoms with van der Waals surface area (Å²) in [5.41, 5.74) is 10.4. The first-order valence-electron chi connectivity index (χ1n) is 27.5. The minimum atomic E-state index is -0.920. The van der Waals surface area contributed by atoms with E-state index >= 15 is 0 Å². The van der Waals surface area contributed by atoms with Gasteiger partial charge in [-0.25, -0.2) is 0 Å². The Morgan fingerprint density at radius 3 is 1.42 bits per heavy atom. The number of hydrogen-bond acceptors (Lipinski definition) is 8. The molecule has 0 amide bonds. The van der Waals surface area contributed by atoms with E-state index in [2.05, 4.69) is 127 Å². The average Bonchev–Trinajstić information content (AvgIpc) is 3.80. The highest BCUT2D eigenvalue weighted by Crippen LogP contribution is 2.43. The first kappa shape index (κ1) is 57.1. The number of benzene rings is 4. The van der Waals surface area contributed by atoms with E-state index in [9.17, 15) is 24.9 Å². The Labute approximate surface area is 437 Å². The SMILES string of the molecule is CCC(CC)(c1ccc(/C=C/C2(O)CCCCC2)c(C)c1)c1ccc(OC[C@@H](O)CCC(=O)O)c(C)c1.CCC(CC)(c1ccc(/C=C/C2(O)CCCCC2)c(C)c1)c1ccc(OC[C@@H]2CCC(=O)O2)c(C)c1. The minimum absolute atomic E-state index is 0.0729. The molecule has 2 saturated carbocycles. The van der Waals surface area contributed by atoms with Gasteiger partial charge >= 0.3 is 11.9 Å². The summed E-state index contributed by atoms with van der Waals surface area (Å²) >= 11 is 0. The third-order valence-electron chi connectivity index (χ3n) is 16.6. The van der Waals surface area contributed by atoms with Crippen LogP contribution >= 0.6 is 0 Å². The quantitative estimate of drug-likeness (QED) is 0.0600. The summed E-state index contributed by atoms with van der Waals surface area (Å²) < 4.78 is 17.1. The third kappa shape index (κ3) is 14.6. The molecule has 2 aliphatic carbocycles. The van der Waals surface area contributed by atoms with Gasteiger partial charge in [0.2, 0.25) is 0 Å². The smallest absolute Gasteiger partial charge is 0.306 e. The molecular formula is C64H86O9. The van der Waals surface area contributed by atoms with Crippen LogP contribution in [-0.2, 0) is 25.2 Å². The number of carboxylic acids is 1. The fraction of sp³-hybridized carbons (Fsp3) is 0.531. The second kappa shape index (κ2) is 25.8. The second-order valence-electron chi connectivity index (χ2n) is 21.5. The van der Waals surface area contributed by atoms with Gasteiger partial charge in [-0.15, -0.1) is 0 Å². The fourth-order valence-electron chi connectivity index (χ4n) is 11.6. The number of rotatable bonds is 21. The zero-order valence-corrected chi connectivity index (χ0v) is 45.4. The number of aryl methyl sites for hydroxylation is 4. The molecule has 0 unspecified atom stereocenters. The van der Waals surface area contributed by atoms with Crippen molar-refractivity contribution >= 4 is 24.1 Å². The zero-order valence-electron chi connectivity index (χ0n) is 45.4. The lowest BCUT2D eigenvalue weighted by Gasteiger charge is -2.34. The monoisotopic (exact) mass is 999 g/mol. The maximum Gasteiger partial charge on any atom is 0.306 e. The molecule has 1 saturated heterocycles. The number of hydrogen-bond donors (Lipinski definition) is 4. The predicted molar refractivity (Wildman–Crippen MR) is 295 cm³/mol. The first-order valence-corrected chi connectivity index (χ1v) is 27.5. The number of carbonyl (C=O) groups excluding carboxylic acids is 1. The van der Waals surface area contributed by atoms with Crippen molar-refractivity contribution in [3.8, 4) is 11.5 Å². The zero-order chi connectivity index (χ0) is 52.8. The largest absolute Gasteiger partial charge is 0.491 e. The van der Waals surface area contributed by atoms with Crippen molar-refractivity contribution in [3.63, 3.8) is 0 Å². The molecule has 9 heteroatoms. The first-order chi connectivity index (χ1) is 34.9. The van der Waals surface area contributed by atoms with Gasteiger partial charge in [0.25, 0.3) is 0 Å². The Balaban J connectivity index is 0.000000238. The maximum atomic E-state index is 11.4. The van der Waals surface area contributed by atoms with Crippen molar-refractivity contribution < 1.29 is 44.2 Å². The van der Waals surface area contributed by atoms with Gasteiger partial charge in [-0.2, -0.15) is 0 Å². The molecule has 1 aliphatic heterocycles. The fourth-order valence-corrected chi connectivity index (χ4v) is 11.6. The lowest BCUT2D eigenvalue weighted by atomic mass is 9.70. The van der Waals surface area contributed by atoms with E-state index in [1.807, 2.05) is 25.1 Å². The molecule has 396 valence electrons. The van der Waals surface area contributed by atoms with Crippen molar-refractivity contribution in [1.29, 1.82) is 0 Å². The molecule has 0 spiro atoms. The Kier molecular flexibility index (Phi) is 20.2. The van der Waals surface area contributed by atoms with E-state index in [0.717, 1.165) is 106 Å². The summed E-state index contributed by atoms with van der Waals surface area (Å²) in [7, 11) is 0. The molecule has 1 heterocycles. The summed E-state index contributed by atoms with van der Waals surface area (Å²) in [4.78, 5) is 22.1. The number of carbonyl (C=O) groups is 2. The van der Waals surface area contributed by atoms with Crippen LogP contribution < -0.4 is 9.47 Å². The molecule has 2 atom stereocenters. The van der Waals surface area contributed by atoms with Crippen molar-refractivity contribution in [2.24, 2.45) is 0 Å². The number of aliphatic hydroxyl groups is 3. The molecule has 3 fully saturated rings. The van der Waals surface area contributed by atoms with Crippen LogP contribution in [0.5, 0.6) is 11.5 Å². The van der Waals surface area contributed by atoms with E-state index in [0.29, 0.717) is 18.8 Å². The van der Waals surface area contributed by atoms with Crippen LogP contribution in [0.4, 0.5) is 0 Å². The number of aliphatic hydroxyl groups excluding tert-OH is 1. The van der Waals surface area contributed by atoms with Gasteiger partial charge in [-0.1, -0.05) is 151 Å². The summed E-state index contributed by atoms with van der Waals surface area (Å²) in [6.07, 6.45) is 22.7. The van der Waals surface area contributed by atoms with E-state index in [1.54, 1.807) is 0 Å². The minimum Gasteiger partial charge on any atom is -0.491 e. The highest BCUT2D eigenvalue weighted by molar-refractivity contribution is 5.71. The Hall–Kier alpha value is -5.22. The van der Waals surface area contributed by atoms with Gasteiger partial charge in [-0.3, -0.25) is 9.59 Å². The van der Waals surface area contributed by atoms with Crippen molar-refractivity contribution in [3.05, 3.63) is 141 Å². The highest BCUT2D eigenvalue weighted by atomic mass is 16.6. The van der Waals surface area contributed by atoms with E-state index in [-0.39, 0.29) is 42.4 Å². The molecule has 0 aromatic heterocycles. The van der Waals surface area contributed by atoms with Gasteiger partial charge in [0.15, 0.2) is 0 Å². The van der Waals surface area contributed by atoms with Gasteiger partial charge in [-0.05, 0) is 160 Å². The average molecular weight is 999 g/mol. The number of aliphatic carboxylic acids is 1. The van der Waals surface area contributed by atoms with Crippen molar-refractivity contribution in [2.45, 2.75) is 205 Å². The molecule has 4 aromatic rings. The predicted octanol–water partition coefficient (Wildman–Crippen LogP) is 13.9. The molecule has 9 nitrogen and oxygen atoms in total. The summed E-state index contributed by atoms with van der Waals surface area (Å²) in [5.74, 6) is 0.501. The van der Waals surface area contributed by atoms with Gasteiger partial charge < -0.3 is 34.6 Å². The van der Waals surface area contributed by atoms with Gasteiger partial charge in [0, 0.05) is 23.7 Å². The Bertz CT molecular complexity index is 2510. The normalized spacial score (nSPS) is 18.3. The van der Waals surface area contributed by atoms with Crippen LogP contribution in [0.25, 0.3) is 12.2 Å². The standard InChI is InChI=1S/C32H44O5.C32H42O4/c1-5-32(6-2,27-12-14-29(24(4)21-27)37-22-28(33)13-15-30(34)35)26-11-10-25(23(3)20-26)16-19-31(36)17-8-7-9-18-31;1-5-32(6-2,27-12-14-29(24(4)21-27)35-22-28-13-15-30(33)36-28)26-11-10-25(23(3)20-26)16-19-31(34)17-8-7-9-18-31/h10-12,14,16,19-21,28,33,36H,5-9,13,15,17-18,22H2,1-4H3,(H,34,35);10-12,14,16,19-21,28,34H,5-9,13,15,17-18,22H2,1-4H3/b2*19-16+/t2*28-/m00/s1. The molecule has 73 heavy (non-hydrogen) atoms. The summed E-state index contributed by atoms with van der Waals surface area (Å²) in [5, 5.41) is 40.6. The lowest BCUT2D eigenvalue weighted by molar-refractivity contribution is -0.142. The molecular weight excluding hydrogens is 913 g/mol. The number of ether oxygens (including phenoxy) is 3. The molecule has 0 bridgehead atoms. The maximum absolute atomic E-state index is 11.4.